The maximum atomic E-state index is 12.5. The van der Waals surface area contributed by atoms with Crippen LogP contribution in [0.3, 0.4) is 0 Å². The number of nitrogens with zero attached hydrogens (tertiary/aromatic N) is 1. The SMILES string of the molecule is CC(C)CNC(=O)c1cn2c3c(cccc3c1=O)CC2. The highest BCUT2D eigenvalue weighted by molar-refractivity contribution is 5.98. The number of benzene rings is 1. The molecular weight excluding hydrogens is 252 g/mol. The lowest BCUT2D eigenvalue weighted by molar-refractivity contribution is 0.0947. The van der Waals surface area contributed by atoms with Crippen molar-refractivity contribution in [3.05, 3.63) is 45.7 Å². The number of aryl methyl sites for hydroxylation is 2. The second-order valence-electron chi connectivity index (χ2n) is 5.73. The smallest absolute Gasteiger partial charge is 0.256 e. The average molecular weight is 270 g/mol. The predicted octanol–water partition coefficient (Wildman–Crippen LogP) is 1.94. The molecule has 4 nitrogen and oxygen atoms in total. The zero-order valence-electron chi connectivity index (χ0n) is 11.8. The Morgan fingerprint density at radius 1 is 1.40 bits per heavy atom. The molecule has 1 N–H and O–H groups in total. The summed E-state index contributed by atoms with van der Waals surface area (Å²) in [5.74, 6) is 0.0931. The van der Waals surface area contributed by atoms with E-state index in [9.17, 15) is 9.59 Å². The van der Waals surface area contributed by atoms with E-state index in [0.717, 1.165) is 18.5 Å². The number of carbonyl (C=O) groups is 1. The molecule has 2 heterocycles. The van der Waals surface area contributed by atoms with Gasteiger partial charge in [0, 0.05) is 24.7 Å². The minimum absolute atomic E-state index is 0.166. The number of aromatic nitrogens is 1. The first-order valence-electron chi connectivity index (χ1n) is 7.01. The summed E-state index contributed by atoms with van der Waals surface area (Å²) in [6, 6.07) is 5.75. The Morgan fingerprint density at radius 3 is 2.95 bits per heavy atom. The van der Waals surface area contributed by atoms with Crippen LogP contribution in [0, 0.1) is 5.92 Å². The van der Waals surface area contributed by atoms with Crippen molar-refractivity contribution < 1.29 is 4.79 Å². The third kappa shape index (κ3) is 2.01. The average Bonchev–Trinajstić information content (AvgIpc) is 2.84. The standard InChI is InChI=1S/C16H18N2O2/c1-10(2)8-17-16(20)13-9-18-7-6-11-4-3-5-12(14(11)18)15(13)19/h3-5,9-10H,6-8H2,1-2H3,(H,17,20). The van der Waals surface area contributed by atoms with Gasteiger partial charge in [-0.05, 0) is 24.0 Å². The summed E-state index contributed by atoms with van der Waals surface area (Å²) in [5, 5.41) is 3.47. The van der Waals surface area contributed by atoms with Crippen LogP contribution in [-0.2, 0) is 13.0 Å². The van der Waals surface area contributed by atoms with Gasteiger partial charge < -0.3 is 9.88 Å². The van der Waals surface area contributed by atoms with Crippen LogP contribution >= 0.6 is 0 Å². The van der Waals surface area contributed by atoms with E-state index in [1.165, 1.54) is 5.56 Å². The molecule has 0 fully saturated rings. The van der Waals surface area contributed by atoms with E-state index in [-0.39, 0.29) is 16.9 Å². The normalized spacial score (nSPS) is 13.2. The van der Waals surface area contributed by atoms with Gasteiger partial charge in [0.05, 0.1) is 5.52 Å². The Bertz CT molecular complexity index is 744. The van der Waals surface area contributed by atoms with E-state index in [2.05, 4.69) is 5.32 Å². The molecule has 2 aromatic rings. The zero-order valence-corrected chi connectivity index (χ0v) is 11.8. The summed E-state index contributed by atoms with van der Waals surface area (Å²) >= 11 is 0. The minimum Gasteiger partial charge on any atom is -0.352 e. The Hall–Kier alpha value is -2.10. The van der Waals surface area contributed by atoms with Gasteiger partial charge in [0.1, 0.15) is 5.56 Å². The first kappa shape index (κ1) is 12.9. The quantitative estimate of drug-likeness (QED) is 0.926. The topological polar surface area (TPSA) is 51.1 Å². The van der Waals surface area contributed by atoms with E-state index in [1.807, 2.05) is 36.6 Å². The Labute approximate surface area is 117 Å². The Balaban J connectivity index is 2.09. The number of para-hydroxylation sites is 1. The lowest BCUT2D eigenvalue weighted by Crippen LogP contribution is -2.32. The molecule has 0 unspecified atom stereocenters. The zero-order chi connectivity index (χ0) is 14.3. The molecule has 104 valence electrons. The fourth-order valence-corrected chi connectivity index (χ4v) is 2.71. The van der Waals surface area contributed by atoms with Crippen molar-refractivity contribution in [1.82, 2.24) is 9.88 Å². The van der Waals surface area contributed by atoms with Gasteiger partial charge in [-0.3, -0.25) is 9.59 Å². The maximum Gasteiger partial charge on any atom is 0.256 e. The first-order valence-corrected chi connectivity index (χ1v) is 7.01. The van der Waals surface area contributed by atoms with Crippen LogP contribution in [0.5, 0.6) is 0 Å². The highest BCUT2D eigenvalue weighted by Crippen LogP contribution is 2.23. The highest BCUT2D eigenvalue weighted by Gasteiger charge is 2.20. The molecule has 0 aliphatic carbocycles. The lowest BCUT2D eigenvalue weighted by Gasteiger charge is -2.10. The molecular formula is C16H18N2O2. The number of hydrogen-bond acceptors (Lipinski definition) is 2. The molecule has 0 saturated carbocycles. The van der Waals surface area contributed by atoms with Crippen LogP contribution in [-0.4, -0.2) is 17.0 Å². The second-order valence-corrected chi connectivity index (χ2v) is 5.73. The molecule has 1 amide bonds. The van der Waals surface area contributed by atoms with E-state index in [4.69, 9.17) is 0 Å². The van der Waals surface area contributed by atoms with Gasteiger partial charge in [-0.15, -0.1) is 0 Å². The molecule has 0 radical (unpaired) electrons. The van der Waals surface area contributed by atoms with Gasteiger partial charge in [-0.2, -0.15) is 0 Å². The van der Waals surface area contributed by atoms with Crippen LogP contribution < -0.4 is 10.7 Å². The summed E-state index contributed by atoms with van der Waals surface area (Å²) in [6.45, 7) is 5.47. The fraction of sp³-hybridized carbons (Fsp3) is 0.375. The van der Waals surface area contributed by atoms with E-state index >= 15 is 0 Å². The monoisotopic (exact) mass is 270 g/mol. The van der Waals surface area contributed by atoms with Gasteiger partial charge in [-0.25, -0.2) is 0 Å². The highest BCUT2D eigenvalue weighted by atomic mass is 16.2. The number of amides is 1. The van der Waals surface area contributed by atoms with Gasteiger partial charge in [-0.1, -0.05) is 26.0 Å². The number of rotatable bonds is 3. The minimum atomic E-state index is -0.272. The summed E-state index contributed by atoms with van der Waals surface area (Å²) < 4.78 is 2.02. The molecule has 1 aromatic carbocycles. The number of carbonyl (C=O) groups excluding carboxylic acids is 1. The van der Waals surface area contributed by atoms with Gasteiger partial charge in [0.2, 0.25) is 5.43 Å². The lowest BCUT2D eigenvalue weighted by atomic mass is 10.1. The number of hydrogen-bond donors (Lipinski definition) is 1. The van der Waals surface area contributed by atoms with Crippen LogP contribution in [0.25, 0.3) is 10.9 Å². The van der Waals surface area contributed by atoms with Crippen LogP contribution in [0.2, 0.25) is 0 Å². The molecule has 4 heteroatoms. The summed E-state index contributed by atoms with van der Waals surface area (Å²) in [7, 11) is 0. The van der Waals surface area contributed by atoms with Gasteiger partial charge >= 0.3 is 0 Å². The van der Waals surface area contributed by atoms with E-state index < -0.39 is 0 Å². The molecule has 1 aromatic heterocycles. The van der Waals surface area contributed by atoms with Crippen molar-refractivity contribution in [2.45, 2.75) is 26.8 Å². The molecule has 0 spiro atoms. The molecule has 1 aliphatic heterocycles. The van der Waals surface area contributed by atoms with Crippen molar-refractivity contribution in [2.75, 3.05) is 6.54 Å². The Morgan fingerprint density at radius 2 is 2.20 bits per heavy atom. The second kappa shape index (κ2) is 4.78. The third-order valence-corrected chi connectivity index (χ3v) is 3.72. The third-order valence-electron chi connectivity index (χ3n) is 3.72. The van der Waals surface area contributed by atoms with Crippen molar-refractivity contribution in [3.63, 3.8) is 0 Å². The molecule has 0 atom stereocenters. The van der Waals surface area contributed by atoms with Crippen molar-refractivity contribution >= 4 is 16.8 Å². The van der Waals surface area contributed by atoms with Gasteiger partial charge in [0.25, 0.3) is 5.91 Å². The number of pyridine rings is 1. The van der Waals surface area contributed by atoms with Crippen LogP contribution in [0.15, 0.2) is 29.2 Å². The molecule has 20 heavy (non-hydrogen) atoms. The summed E-state index contributed by atoms with van der Waals surface area (Å²) in [6.07, 6.45) is 2.63. The van der Waals surface area contributed by atoms with Crippen molar-refractivity contribution in [3.8, 4) is 0 Å². The van der Waals surface area contributed by atoms with Crippen molar-refractivity contribution in [2.24, 2.45) is 5.92 Å². The number of nitrogens with one attached hydrogen (secondary N) is 1. The predicted molar refractivity (Wildman–Crippen MR) is 79.1 cm³/mol. The molecule has 0 bridgehead atoms. The summed E-state index contributed by atoms with van der Waals surface area (Å²) in [4.78, 5) is 24.6. The fourth-order valence-electron chi connectivity index (χ4n) is 2.71. The van der Waals surface area contributed by atoms with Crippen molar-refractivity contribution in [1.29, 1.82) is 0 Å². The Kier molecular flexibility index (Phi) is 3.08. The van der Waals surface area contributed by atoms with Crippen LogP contribution in [0.1, 0.15) is 29.8 Å². The maximum absolute atomic E-state index is 12.5. The molecule has 1 aliphatic rings. The molecule has 3 rings (SSSR count). The molecule has 0 saturated heterocycles. The largest absolute Gasteiger partial charge is 0.352 e. The first-order chi connectivity index (χ1) is 9.58. The van der Waals surface area contributed by atoms with E-state index in [0.29, 0.717) is 17.8 Å². The van der Waals surface area contributed by atoms with E-state index in [1.54, 1.807) is 6.20 Å². The van der Waals surface area contributed by atoms with Gasteiger partial charge in [0.15, 0.2) is 0 Å². The van der Waals surface area contributed by atoms with Crippen LogP contribution in [0.4, 0.5) is 0 Å². The summed E-state index contributed by atoms with van der Waals surface area (Å²) in [5.41, 5.74) is 2.25.